The lowest BCUT2D eigenvalue weighted by Crippen LogP contribution is -2.19. The first-order valence-corrected chi connectivity index (χ1v) is 9.06. The van der Waals surface area contributed by atoms with Gasteiger partial charge >= 0.3 is 5.97 Å². The number of carbonyl (C=O) groups excluding carboxylic acids is 1. The van der Waals surface area contributed by atoms with Crippen molar-refractivity contribution < 1.29 is 29.5 Å². The van der Waals surface area contributed by atoms with Crippen molar-refractivity contribution in [1.29, 1.82) is 0 Å². The van der Waals surface area contributed by atoms with Crippen LogP contribution in [0.4, 0.5) is 11.4 Å². The third-order valence-corrected chi connectivity index (χ3v) is 4.13. The number of ether oxygens (including phenoxy) is 2. The van der Waals surface area contributed by atoms with Crippen LogP contribution in [0.5, 0.6) is 0 Å². The van der Waals surface area contributed by atoms with Gasteiger partial charge in [-0.1, -0.05) is 47.5 Å². The van der Waals surface area contributed by atoms with E-state index < -0.39 is 11.4 Å². The van der Waals surface area contributed by atoms with Crippen LogP contribution in [-0.4, -0.2) is 48.2 Å². The normalized spacial score (nSPS) is 10.9. The minimum atomic E-state index is -0.420. The van der Waals surface area contributed by atoms with Gasteiger partial charge in [-0.2, -0.15) is 0 Å². The first-order valence-electron chi connectivity index (χ1n) is 8.30. The number of rotatable bonds is 11. The van der Waals surface area contributed by atoms with E-state index in [0.717, 1.165) is 5.56 Å². The fraction of sp³-hybridized carbons (Fsp3) is 0.278. The first-order chi connectivity index (χ1) is 13.5. The summed E-state index contributed by atoms with van der Waals surface area (Å²) in [4.78, 5) is 16.4. The van der Waals surface area contributed by atoms with Crippen molar-refractivity contribution in [3.05, 3.63) is 58.1 Å². The maximum Gasteiger partial charge on any atom is 0.310 e. The highest BCUT2D eigenvalue weighted by Crippen LogP contribution is 2.33. The Morgan fingerprint density at radius 1 is 0.964 bits per heavy atom. The fourth-order valence-corrected chi connectivity index (χ4v) is 2.74. The van der Waals surface area contributed by atoms with Crippen molar-refractivity contribution >= 4 is 40.5 Å². The van der Waals surface area contributed by atoms with E-state index in [1.807, 2.05) is 18.2 Å². The number of hydrogen-bond acceptors (Lipinski definition) is 8. The third-order valence-electron chi connectivity index (χ3n) is 3.50. The highest BCUT2D eigenvalue weighted by Gasteiger charge is 2.12. The molecule has 0 spiro atoms. The van der Waals surface area contributed by atoms with E-state index in [9.17, 15) is 4.79 Å². The SMILES string of the molecule is O=C(Cc1ccccc1Nc1c(Cl)cccc1Cl)OCCOCCON(O)O. The Balaban J connectivity index is 1.83. The summed E-state index contributed by atoms with van der Waals surface area (Å²) in [6.45, 7) is 0.277. The standard InChI is InChI=1S/C18H20Cl2N2O6/c19-14-5-3-6-15(20)18(14)21-16-7-2-1-4-13(16)12-17(23)27-10-8-26-9-11-28-22(24)25/h1-7,21,24-25H,8-12H2. The molecule has 2 rings (SSSR count). The van der Waals surface area contributed by atoms with Gasteiger partial charge in [0, 0.05) is 5.69 Å². The highest BCUT2D eigenvalue weighted by molar-refractivity contribution is 6.39. The smallest absolute Gasteiger partial charge is 0.310 e. The van der Waals surface area contributed by atoms with Gasteiger partial charge < -0.3 is 14.8 Å². The first kappa shape index (κ1) is 22.4. The molecular weight excluding hydrogens is 411 g/mol. The molecule has 0 saturated heterocycles. The minimum absolute atomic E-state index is 0.0510. The van der Waals surface area contributed by atoms with Crippen molar-refractivity contribution in [3.8, 4) is 0 Å². The molecule has 0 amide bonds. The summed E-state index contributed by atoms with van der Waals surface area (Å²) in [7, 11) is 0. The molecular formula is C18H20Cl2N2O6. The molecule has 0 atom stereocenters. The predicted molar refractivity (Wildman–Crippen MR) is 103 cm³/mol. The van der Waals surface area contributed by atoms with E-state index in [1.54, 1.807) is 24.3 Å². The van der Waals surface area contributed by atoms with Crippen LogP contribution in [0.3, 0.4) is 0 Å². The van der Waals surface area contributed by atoms with Gasteiger partial charge in [0.15, 0.2) is 0 Å². The molecule has 0 aromatic heterocycles. The summed E-state index contributed by atoms with van der Waals surface area (Å²) in [5.74, 6) is -0.420. The molecule has 0 radical (unpaired) electrons. The van der Waals surface area contributed by atoms with Gasteiger partial charge in [0.1, 0.15) is 6.61 Å². The van der Waals surface area contributed by atoms with E-state index in [2.05, 4.69) is 10.2 Å². The molecule has 3 N–H and O–H groups in total. The molecule has 2 aromatic rings. The monoisotopic (exact) mass is 430 g/mol. The van der Waals surface area contributed by atoms with Crippen LogP contribution in [0.15, 0.2) is 42.5 Å². The fourth-order valence-electron chi connectivity index (χ4n) is 2.25. The Labute approximate surface area is 172 Å². The second kappa shape index (κ2) is 11.8. The number of hydrogen-bond donors (Lipinski definition) is 3. The number of para-hydroxylation sites is 2. The summed E-state index contributed by atoms with van der Waals surface area (Å²) in [5.41, 5.74) is 1.98. The largest absolute Gasteiger partial charge is 0.463 e. The Bertz CT molecular complexity index is 755. The Morgan fingerprint density at radius 2 is 1.64 bits per heavy atom. The van der Waals surface area contributed by atoms with Crippen LogP contribution in [0.25, 0.3) is 0 Å². The van der Waals surface area contributed by atoms with Crippen LogP contribution in [0.2, 0.25) is 10.0 Å². The topological polar surface area (TPSA) is 100 Å². The molecule has 2 aromatic carbocycles. The highest BCUT2D eigenvalue weighted by atomic mass is 35.5. The number of benzene rings is 2. The van der Waals surface area contributed by atoms with Crippen molar-refractivity contribution in [2.24, 2.45) is 0 Å². The second-order valence-electron chi connectivity index (χ2n) is 5.47. The summed E-state index contributed by atoms with van der Waals surface area (Å²) < 4.78 is 10.3. The predicted octanol–water partition coefficient (Wildman–Crippen LogP) is 3.85. The van der Waals surface area contributed by atoms with Crippen molar-refractivity contribution in [3.63, 3.8) is 0 Å². The molecule has 0 bridgehead atoms. The Morgan fingerprint density at radius 3 is 2.36 bits per heavy atom. The third kappa shape index (κ3) is 7.61. The van der Waals surface area contributed by atoms with Crippen molar-refractivity contribution in [2.45, 2.75) is 6.42 Å². The number of nitrogens with one attached hydrogen (secondary N) is 1. The molecule has 0 aliphatic rings. The van der Waals surface area contributed by atoms with Gasteiger partial charge in [0.05, 0.1) is 47.4 Å². The zero-order valence-corrected chi connectivity index (χ0v) is 16.3. The van der Waals surface area contributed by atoms with Gasteiger partial charge in [-0.25, -0.2) is 4.84 Å². The summed E-state index contributed by atoms with van der Waals surface area (Å²) in [5, 5.41) is 20.4. The number of nitrogens with zero attached hydrogens (tertiary/aromatic N) is 1. The van der Waals surface area contributed by atoms with E-state index >= 15 is 0 Å². The lowest BCUT2D eigenvalue weighted by Gasteiger charge is -2.14. The molecule has 10 heteroatoms. The van der Waals surface area contributed by atoms with Gasteiger partial charge in [0.25, 0.3) is 0 Å². The lowest BCUT2D eigenvalue weighted by molar-refractivity contribution is -0.493. The maximum atomic E-state index is 12.1. The van der Waals surface area contributed by atoms with E-state index in [1.165, 1.54) is 0 Å². The molecule has 152 valence electrons. The molecule has 0 unspecified atom stereocenters. The van der Waals surface area contributed by atoms with Gasteiger partial charge in [0.2, 0.25) is 0 Å². The van der Waals surface area contributed by atoms with Crippen LogP contribution in [0.1, 0.15) is 5.56 Å². The van der Waals surface area contributed by atoms with Gasteiger partial charge in [-0.3, -0.25) is 15.2 Å². The number of carbonyl (C=O) groups is 1. The molecule has 0 aliphatic heterocycles. The van der Waals surface area contributed by atoms with Gasteiger partial charge in [-0.05, 0) is 23.8 Å². The van der Waals surface area contributed by atoms with Crippen LogP contribution < -0.4 is 5.32 Å². The summed E-state index contributed by atoms with van der Waals surface area (Å²) >= 11 is 12.4. The molecule has 28 heavy (non-hydrogen) atoms. The van der Waals surface area contributed by atoms with E-state index in [-0.39, 0.29) is 32.8 Å². The lowest BCUT2D eigenvalue weighted by atomic mass is 10.1. The zero-order valence-electron chi connectivity index (χ0n) is 14.8. The number of halogens is 2. The summed E-state index contributed by atoms with van der Waals surface area (Å²) in [6, 6.07) is 12.5. The average Bonchev–Trinajstić information content (AvgIpc) is 2.65. The van der Waals surface area contributed by atoms with Crippen LogP contribution in [0, 0.1) is 0 Å². The minimum Gasteiger partial charge on any atom is -0.463 e. The summed E-state index contributed by atoms with van der Waals surface area (Å²) in [6.07, 6.45) is 0.0539. The van der Waals surface area contributed by atoms with E-state index in [0.29, 0.717) is 21.4 Å². The quantitative estimate of drug-likeness (QED) is 0.280. The molecule has 0 fully saturated rings. The molecule has 8 nitrogen and oxygen atoms in total. The number of esters is 1. The number of anilines is 2. The van der Waals surface area contributed by atoms with Crippen molar-refractivity contribution in [2.75, 3.05) is 31.7 Å². The van der Waals surface area contributed by atoms with Crippen LogP contribution >= 0.6 is 23.2 Å². The molecule has 0 heterocycles. The maximum absolute atomic E-state index is 12.1. The van der Waals surface area contributed by atoms with Crippen molar-refractivity contribution in [1.82, 2.24) is 5.39 Å². The Kier molecular flexibility index (Phi) is 9.45. The average molecular weight is 431 g/mol. The molecule has 0 aliphatic carbocycles. The molecule has 0 saturated carbocycles. The van der Waals surface area contributed by atoms with Crippen LogP contribution in [-0.2, 0) is 25.5 Å². The zero-order chi connectivity index (χ0) is 20.4. The van der Waals surface area contributed by atoms with E-state index in [4.69, 9.17) is 43.1 Å². The Hall–Kier alpha value is -1.91. The second-order valence-corrected chi connectivity index (χ2v) is 6.29. The van der Waals surface area contributed by atoms with Gasteiger partial charge in [-0.15, -0.1) is 0 Å².